The Labute approximate surface area is 160 Å². The lowest BCUT2D eigenvalue weighted by Crippen LogP contribution is -2.17. The van der Waals surface area contributed by atoms with Crippen molar-refractivity contribution in [1.82, 2.24) is 9.38 Å². The Bertz CT molecular complexity index is 982. The van der Waals surface area contributed by atoms with Crippen LogP contribution in [0.4, 0.5) is 5.69 Å². The van der Waals surface area contributed by atoms with Crippen molar-refractivity contribution < 1.29 is 14.3 Å². The number of carbonyl (C=O) groups excluding carboxylic acids is 1. The molecule has 1 amide bonds. The SMILES string of the molecule is CCc1nc2c(Br)cc(C)cn2c1C(=O)Nc1cc(OC)ccc1OC. The van der Waals surface area contributed by atoms with E-state index < -0.39 is 0 Å². The van der Waals surface area contributed by atoms with Crippen LogP contribution in [0.15, 0.2) is 34.9 Å². The third-order valence-corrected chi connectivity index (χ3v) is 4.67. The zero-order chi connectivity index (χ0) is 18.8. The molecule has 0 unspecified atom stereocenters. The Balaban J connectivity index is 2.08. The monoisotopic (exact) mass is 417 g/mol. The van der Waals surface area contributed by atoms with Gasteiger partial charge in [-0.15, -0.1) is 0 Å². The first-order valence-corrected chi connectivity index (χ1v) is 8.98. The molecule has 0 saturated heterocycles. The average molecular weight is 418 g/mol. The average Bonchev–Trinajstić information content (AvgIpc) is 3.00. The predicted octanol–water partition coefficient (Wildman–Crippen LogP) is 4.24. The number of hydrogen-bond acceptors (Lipinski definition) is 4. The number of aromatic nitrogens is 2. The number of rotatable bonds is 5. The summed E-state index contributed by atoms with van der Waals surface area (Å²) < 4.78 is 13.3. The number of hydrogen-bond donors (Lipinski definition) is 1. The van der Waals surface area contributed by atoms with Gasteiger partial charge in [0.05, 0.1) is 30.1 Å². The van der Waals surface area contributed by atoms with Crippen LogP contribution in [0.2, 0.25) is 0 Å². The molecule has 1 N–H and O–H groups in total. The summed E-state index contributed by atoms with van der Waals surface area (Å²) in [5.41, 5.74) is 3.53. The van der Waals surface area contributed by atoms with Crippen LogP contribution in [-0.4, -0.2) is 29.5 Å². The van der Waals surface area contributed by atoms with E-state index in [9.17, 15) is 4.79 Å². The Hall–Kier alpha value is -2.54. The van der Waals surface area contributed by atoms with Crippen molar-refractivity contribution in [3.63, 3.8) is 0 Å². The first-order valence-electron chi connectivity index (χ1n) is 8.19. The molecule has 26 heavy (non-hydrogen) atoms. The van der Waals surface area contributed by atoms with Gasteiger partial charge in [0, 0.05) is 12.3 Å². The van der Waals surface area contributed by atoms with E-state index in [1.54, 1.807) is 32.4 Å². The molecule has 0 atom stereocenters. The standard InChI is InChI=1S/C19H20BrN3O3/c1-5-14-17(23-10-11(2)8-13(20)18(23)21-14)19(24)22-15-9-12(25-3)6-7-16(15)26-4/h6-10H,5H2,1-4H3,(H,22,24). The van der Waals surface area contributed by atoms with Crippen LogP contribution in [0.25, 0.3) is 5.65 Å². The molecule has 0 aliphatic carbocycles. The van der Waals surface area contributed by atoms with Gasteiger partial charge in [-0.3, -0.25) is 9.20 Å². The molecule has 2 aromatic heterocycles. The van der Waals surface area contributed by atoms with E-state index in [4.69, 9.17) is 9.47 Å². The van der Waals surface area contributed by atoms with Crippen LogP contribution >= 0.6 is 15.9 Å². The second-order valence-electron chi connectivity index (χ2n) is 5.84. The first kappa shape index (κ1) is 18.3. The molecule has 136 valence electrons. The zero-order valence-electron chi connectivity index (χ0n) is 15.1. The highest BCUT2D eigenvalue weighted by molar-refractivity contribution is 9.10. The number of nitrogens with one attached hydrogen (secondary N) is 1. The highest BCUT2D eigenvalue weighted by Gasteiger charge is 2.21. The number of aryl methyl sites for hydroxylation is 2. The molecule has 3 rings (SSSR count). The lowest BCUT2D eigenvalue weighted by Gasteiger charge is -2.12. The van der Waals surface area contributed by atoms with Crippen LogP contribution in [0, 0.1) is 6.92 Å². The summed E-state index contributed by atoms with van der Waals surface area (Å²) in [5, 5.41) is 2.92. The molecule has 2 heterocycles. The smallest absolute Gasteiger partial charge is 0.274 e. The van der Waals surface area contributed by atoms with Crippen molar-refractivity contribution >= 4 is 33.2 Å². The van der Waals surface area contributed by atoms with Crippen molar-refractivity contribution in [2.45, 2.75) is 20.3 Å². The summed E-state index contributed by atoms with van der Waals surface area (Å²) in [6, 6.07) is 7.24. The Morgan fingerprint density at radius 3 is 2.69 bits per heavy atom. The number of benzene rings is 1. The number of methoxy groups -OCH3 is 2. The lowest BCUT2D eigenvalue weighted by molar-refractivity contribution is 0.102. The number of anilines is 1. The summed E-state index contributed by atoms with van der Waals surface area (Å²) in [4.78, 5) is 17.7. The summed E-state index contributed by atoms with van der Waals surface area (Å²) in [6.07, 6.45) is 2.55. The number of fused-ring (bicyclic) bond motifs is 1. The van der Waals surface area contributed by atoms with Crippen LogP contribution in [0.5, 0.6) is 11.5 Å². The summed E-state index contributed by atoms with van der Waals surface area (Å²) in [5.74, 6) is 0.940. The number of nitrogens with zero attached hydrogens (tertiary/aromatic N) is 2. The molecule has 0 bridgehead atoms. The molecular formula is C19H20BrN3O3. The summed E-state index contributed by atoms with van der Waals surface area (Å²) in [6.45, 7) is 3.95. The van der Waals surface area contributed by atoms with Crippen LogP contribution < -0.4 is 14.8 Å². The number of pyridine rings is 1. The highest BCUT2D eigenvalue weighted by Crippen LogP contribution is 2.30. The number of imidazole rings is 1. The van der Waals surface area contributed by atoms with Crippen molar-refractivity contribution in [3.05, 3.63) is 51.9 Å². The molecule has 0 aliphatic rings. The molecule has 0 radical (unpaired) electrons. The van der Waals surface area contributed by atoms with Crippen molar-refractivity contribution in [1.29, 1.82) is 0 Å². The van der Waals surface area contributed by atoms with Crippen molar-refractivity contribution in [2.75, 3.05) is 19.5 Å². The molecule has 1 aromatic carbocycles. The highest BCUT2D eigenvalue weighted by atomic mass is 79.9. The normalized spacial score (nSPS) is 10.8. The van der Waals surface area contributed by atoms with Crippen LogP contribution in [0.1, 0.15) is 28.7 Å². The maximum atomic E-state index is 13.1. The fraction of sp³-hybridized carbons (Fsp3) is 0.263. The van der Waals surface area contributed by atoms with Gasteiger partial charge in [-0.25, -0.2) is 4.98 Å². The van der Waals surface area contributed by atoms with Gasteiger partial charge < -0.3 is 14.8 Å². The Morgan fingerprint density at radius 2 is 2.04 bits per heavy atom. The van der Waals surface area contributed by atoms with E-state index in [0.717, 1.165) is 21.4 Å². The third-order valence-electron chi connectivity index (χ3n) is 4.09. The van der Waals surface area contributed by atoms with E-state index in [0.29, 0.717) is 29.3 Å². The van der Waals surface area contributed by atoms with Gasteiger partial charge in [0.25, 0.3) is 5.91 Å². The third kappa shape index (κ3) is 3.26. The number of amides is 1. The van der Waals surface area contributed by atoms with Crippen molar-refractivity contribution in [3.8, 4) is 11.5 Å². The Morgan fingerprint density at radius 1 is 1.27 bits per heavy atom. The molecule has 0 fully saturated rings. The zero-order valence-corrected chi connectivity index (χ0v) is 16.7. The molecule has 7 heteroatoms. The van der Waals surface area contributed by atoms with Gasteiger partial charge in [0.2, 0.25) is 0 Å². The van der Waals surface area contributed by atoms with Gasteiger partial charge in [-0.2, -0.15) is 0 Å². The summed E-state index contributed by atoms with van der Waals surface area (Å²) >= 11 is 3.53. The summed E-state index contributed by atoms with van der Waals surface area (Å²) in [7, 11) is 3.14. The minimum atomic E-state index is -0.251. The lowest BCUT2D eigenvalue weighted by atomic mass is 10.2. The van der Waals surface area contributed by atoms with Gasteiger partial charge in [-0.1, -0.05) is 6.92 Å². The Kier molecular flexibility index (Phi) is 5.18. The molecule has 0 spiro atoms. The van der Waals surface area contributed by atoms with Gasteiger partial charge in [0.15, 0.2) is 5.65 Å². The van der Waals surface area contributed by atoms with Gasteiger partial charge in [-0.05, 0) is 53.0 Å². The second-order valence-corrected chi connectivity index (χ2v) is 6.69. The van der Waals surface area contributed by atoms with E-state index >= 15 is 0 Å². The molecule has 0 saturated carbocycles. The predicted molar refractivity (Wildman–Crippen MR) is 105 cm³/mol. The van der Waals surface area contributed by atoms with Crippen LogP contribution in [0.3, 0.4) is 0 Å². The molecular weight excluding hydrogens is 398 g/mol. The van der Waals surface area contributed by atoms with E-state index in [-0.39, 0.29) is 5.91 Å². The topological polar surface area (TPSA) is 64.9 Å². The molecule has 0 aliphatic heterocycles. The minimum Gasteiger partial charge on any atom is -0.497 e. The first-order chi connectivity index (χ1) is 12.5. The largest absolute Gasteiger partial charge is 0.497 e. The number of ether oxygens (including phenoxy) is 2. The molecule has 6 nitrogen and oxygen atoms in total. The quantitative estimate of drug-likeness (QED) is 0.674. The molecule has 3 aromatic rings. The van der Waals surface area contributed by atoms with Crippen molar-refractivity contribution in [2.24, 2.45) is 0 Å². The second kappa shape index (κ2) is 7.37. The van der Waals surface area contributed by atoms with E-state index in [1.165, 1.54) is 0 Å². The van der Waals surface area contributed by atoms with Gasteiger partial charge >= 0.3 is 0 Å². The fourth-order valence-electron chi connectivity index (χ4n) is 2.86. The maximum Gasteiger partial charge on any atom is 0.274 e. The number of carbonyl (C=O) groups is 1. The minimum absolute atomic E-state index is 0.251. The van der Waals surface area contributed by atoms with E-state index in [1.807, 2.05) is 30.5 Å². The maximum absolute atomic E-state index is 13.1. The number of halogens is 1. The van der Waals surface area contributed by atoms with Gasteiger partial charge in [0.1, 0.15) is 17.2 Å². The van der Waals surface area contributed by atoms with E-state index in [2.05, 4.69) is 26.2 Å². The van der Waals surface area contributed by atoms with Crippen LogP contribution in [-0.2, 0) is 6.42 Å². The fourth-order valence-corrected chi connectivity index (χ4v) is 3.50.